The van der Waals surface area contributed by atoms with E-state index in [1.54, 1.807) is 0 Å². The van der Waals surface area contributed by atoms with E-state index < -0.39 is 0 Å². The fraction of sp³-hybridized carbons (Fsp3) is 0.400. The Kier molecular flexibility index (Phi) is 3.03. The Morgan fingerprint density at radius 1 is 1.75 bits per heavy atom. The molecule has 0 saturated heterocycles. The molecule has 66 valence electrons. The molecule has 0 aliphatic heterocycles. The summed E-state index contributed by atoms with van der Waals surface area (Å²) in [6.45, 7) is 0.470. The molecule has 0 amide bonds. The van der Waals surface area contributed by atoms with E-state index in [1.165, 1.54) is 6.33 Å². The van der Waals surface area contributed by atoms with Crippen molar-refractivity contribution in [3.8, 4) is 0 Å². The quantitative estimate of drug-likeness (QED) is 0.217. The fourth-order valence-electron chi connectivity index (χ4n) is 0.624. The number of rotatable bonds is 3. The Morgan fingerprint density at radius 3 is 3.17 bits per heavy atom. The van der Waals surface area contributed by atoms with Gasteiger partial charge in [-0.2, -0.15) is 4.98 Å². The predicted molar refractivity (Wildman–Crippen MR) is 41.8 cm³/mol. The first-order valence-corrected chi connectivity index (χ1v) is 3.35. The smallest absolute Gasteiger partial charge is 0.228 e. The van der Waals surface area contributed by atoms with Gasteiger partial charge >= 0.3 is 0 Å². The van der Waals surface area contributed by atoms with Gasteiger partial charge in [-0.1, -0.05) is 5.16 Å². The molecule has 12 heavy (non-hydrogen) atoms. The van der Waals surface area contributed by atoms with Crippen molar-refractivity contribution in [2.75, 3.05) is 6.54 Å². The summed E-state index contributed by atoms with van der Waals surface area (Å²) in [5.41, 5.74) is 7.47. The minimum absolute atomic E-state index is 0.189. The van der Waals surface area contributed by atoms with Gasteiger partial charge in [-0.3, -0.25) is 10.4 Å². The molecule has 1 rings (SSSR count). The van der Waals surface area contributed by atoms with Crippen LogP contribution < -0.4 is 17.0 Å². The van der Waals surface area contributed by atoms with Crippen LogP contribution in [-0.4, -0.2) is 22.6 Å². The maximum atomic E-state index is 5.26. The Bertz CT molecular complexity index is 242. The second-order valence-corrected chi connectivity index (χ2v) is 2.00. The van der Waals surface area contributed by atoms with Gasteiger partial charge in [0.1, 0.15) is 0 Å². The topological polar surface area (TPSA) is 115 Å². The molecule has 0 bridgehead atoms. The molecule has 0 saturated carbocycles. The Morgan fingerprint density at radius 2 is 2.58 bits per heavy atom. The highest BCUT2D eigenvalue weighted by atomic mass is 16.5. The molecular weight excluding hydrogens is 160 g/mol. The third-order valence-corrected chi connectivity index (χ3v) is 1.16. The van der Waals surface area contributed by atoms with Crippen molar-refractivity contribution >= 4 is 5.96 Å². The molecule has 0 radical (unpaired) electrons. The minimum Gasteiger partial charge on any atom is -0.369 e. The van der Waals surface area contributed by atoms with Crippen molar-refractivity contribution < 1.29 is 4.52 Å². The van der Waals surface area contributed by atoms with Crippen molar-refractivity contribution in [3.63, 3.8) is 0 Å². The maximum absolute atomic E-state index is 5.26. The third kappa shape index (κ3) is 2.54. The van der Waals surface area contributed by atoms with Crippen LogP contribution in [0.5, 0.6) is 0 Å². The minimum atomic E-state index is 0.189. The van der Waals surface area contributed by atoms with Gasteiger partial charge < -0.3 is 10.3 Å². The monoisotopic (exact) mass is 170 g/mol. The molecule has 5 N–H and O–H groups in total. The zero-order valence-electron chi connectivity index (χ0n) is 6.40. The highest BCUT2D eigenvalue weighted by Crippen LogP contribution is 1.91. The van der Waals surface area contributed by atoms with Crippen LogP contribution in [0, 0.1) is 0 Å². The van der Waals surface area contributed by atoms with Crippen LogP contribution in [0.3, 0.4) is 0 Å². The lowest BCUT2D eigenvalue weighted by atomic mass is 10.4. The van der Waals surface area contributed by atoms with E-state index in [1.807, 2.05) is 0 Å². The van der Waals surface area contributed by atoms with Crippen LogP contribution in [0.15, 0.2) is 15.8 Å². The first-order chi connectivity index (χ1) is 5.83. The highest BCUT2D eigenvalue weighted by Gasteiger charge is 1.96. The SMILES string of the molecule is NNC(N)=NCCc1ncno1. The number of nitrogens with two attached hydrogens (primary N) is 2. The number of aliphatic imine (C=N–C) groups is 1. The molecule has 7 nitrogen and oxygen atoms in total. The van der Waals surface area contributed by atoms with E-state index >= 15 is 0 Å². The predicted octanol–water partition coefficient (Wildman–Crippen LogP) is -1.61. The lowest BCUT2D eigenvalue weighted by Crippen LogP contribution is -2.37. The summed E-state index contributed by atoms with van der Waals surface area (Å²) >= 11 is 0. The van der Waals surface area contributed by atoms with Crippen LogP contribution in [0.1, 0.15) is 5.89 Å². The number of hydrazine groups is 1. The lowest BCUT2D eigenvalue weighted by Gasteiger charge is -1.95. The Hall–Kier alpha value is -1.63. The standard InChI is InChI=1S/C5H10N6O/c6-5(11-7)8-2-1-4-9-3-10-12-4/h3H,1-2,7H2,(H3,6,8,11). The van der Waals surface area contributed by atoms with Gasteiger partial charge in [0, 0.05) is 6.42 Å². The second-order valence-electron chi connectivity index (χ2n) is 2.00. The molecule has 0 aliphatic carbocycles. The van der Waals surface area contributed by atoms with Crippen molar-refractivity contribution in [1.29, 1.82) is 0 Å². The summed E-state index contributed by atoms with van der Waals surface area (Å²) in [5.74, 6) is 5.69. The summed E-state index contributed by atoms with van der Waals surface area (Å²) in [7, 11) is 0. The molecule has 1 aromatic heterocycles. The van der Waals surface area contributed by atoms with Crippen LogP contribution in [-0.2, 0) is 6.42 Å². The van der Waals surface area contributed by atoms with Crippen molar-refractivity contribution in [1.82, 2.24) is 15.6 Å². The van der Waals surface area contributed by atoms with E-state index in [0.29, 0.717) is 18.9 Å². The number of hydrogen-bond donors (Lipinski definition) is 3. The molecule has 0 unspecified atom stereocenters. The molecule has 0 aliphatic rings. The summed E-state index contributed by atoms with van der Waals surface area (Å²) in [4.78, 5) is 7.65. The first kappa shape index (κ1) is 8.47. The van der Waals surface area contributed by atoms with Crippen LogP contribution in [0.25, 0.3) is 0 Å². The van der Waals surface area contributed by atoms with Crippen molar-refractivity contribution in [2.24, 2.45) is 16.6 Å². The van der Waals surface area contributed by atoms with Gasteiger partial charge in [0.2, 0.25) is 11.9 Å². The molecule has 0 fully saturated rings. The van der Waals surface area contributed by atoms with E-state index in [9.17, 15) is 0 Å². The fourth-order valence-corrected chi connectivity index (χ4v) is 0.624. The summed E-state index contributed by atoms with van der Waals surface area (Å²) in [6.07, 6.45) is 1.89. The molecule has 1 aromatic rings. The van der Waals surface area contributed by atoms with E-state index in [4.69, 9.17) is 16.1 Å². The van der Waals surface area contributed by atoms with Gasteiger partial charge in [0.05, 0.1) is 6.54 Å². The van der Waals surface area contributed by atoms with Crippen LogP contribution >= 0.6 is 0 Å². The number of nitrogens with zero attached hydrogens (tertiary/aromatic N) is 3. The third-order valence-electron chi connectivity index (χ3n) is 1.16. The maximum Gasteiger partial charge on any atom is 0.228 e. The van der Waals surface area contributed by atoms with E-state index in [2.05, 4.69) is 20.6 Å². The second kappa shape index (κ2) is 4.29. The molecule has 0 spiro atoms. The Balaban J connectivity index is 2.28. The summed E-state index contributed by atoms with van der Waals surface area (Å²) < 4.78 is 4.73. The molecule has 1 heterocycles. The summed E-state index contributed by atoms with van der Waals surface area (Å²) in [5, 5.41) is 3.43. The molecule has 0 atom stereocenters. The van der Waals surface area contributed by atoms with E-state index in [-0.39, 0.29) is 5.96 Å². The van der Waals surface area contributed by atoms with Crippen molar-refractivity contribution in [2.45, 2.75) is 6.42 Å². The lowest BCUT2D eigenvalue weighted by molar-refractivity contribution is 0.379. The summed E-state index contributed by atoms with van der Waals surface area (Å²) in [6, 6.07) is 0. The van der Waals surface area contributed by atoms with Gasteiger partial charge in [0.25, 0.3) is 0 Å². The largest absolute Gasteiger partial charge is 0.369 e. The zero-order valence-corrected chi connectivity index (χ0v) is 6.40. The van der Waals surface area contributed by atoms with Crippen LogP contribution in [0.4, 0.5) is 0 Å². The van der Waals surface area contributed by atoms with Gasteiger partial charge in [0.15, 0.2) is 6.33 Å². The Labute approximate surface area is 68.8 Å². The van der Waals surface area contributed by atoms with Gasteiger partial charge in [-0.25, -0.2) is 5.84 Å². The van der Waals surface area contributed by atoms with Crippen LogP contribution in [0.2, 0.25) is 0 Å². The average molecular weight is 170 g/mol. The molecular formula is C5H10N6O. The highest BCUT2D eigenvalue weighted by molar-refractivity contribution is 5.77. The number of guanidine groups is 1. The number of nitrogens with one attached hydrogen (secondary N) is 1. The van der Waals surface area contributed by atoms with Gasteiger partial charge in [-0.05, 0) is 0 Å². The molecule has 0 aromatic carbocycles. The normalized spacial score (nSPS) is 11.6. The van der Waals surface area contributed by atoms with Crippen molar-refractivity contribution in [3.05, 3.63) is 12.2 Å². The number of hydrogen-bond acceptors (Lipinski definition) is 5. The van der Waals surface area contributed by atoms with E-state index in [0.717, 1.165) is 0 Å². The van der Waals surface area contributed by atoms with Gasteiger partial charge in [-0.15, -0.1) is 0 Å². The first-order valence-electron chi connectivity index (χ1n) is 3.35. The molecule has 7 heteroatoms. The number of aromatic nitrogens is 2. The average Bonchev–Trinajstić information content (AvgIpc) is 2.57. The zero-order chi connectivity index (χ0) is 8.81.